The van der Waals surface area contributed by atoms with Crippen LogP contribution in [0.15, 0.2) is 4.99 Å². The van der Waals surface area contributed by atoms with Crippen molar-refractivity contribution in [3.05, 3.63) is 0 Å². The smallest absolute Gasteiger partial charge is 0.261 e. The van der Waals surface area contributed by atoms with Gasteiger partial charge in [-0.1, -0.05) is 0 Å². The van der Waals surface area contributed by atoms with E-state index in [-0.39, 0.29) is 0 Å². The first-order valence-electron chi connectivity index (χ1n) is 1.26. The summed E-state index contributed by atoms with van der Waals surface area (Å²) in [6.07, 6.45) is 2.72. The Labute approximate surface area is 30.5 Å². The molecular formula is C3H4NO. The number of hydrogen-bond acceptors (Lipinski definition) is 1. The van der Waals surface area contributed by atoms with Crippen molar-refractivity contribution in [3.63, 3.8) is 0 Å². The SMILES string of the molecule is CC=N[C]=O. The lowest BCUT2D eigenvalue weighted by Gasteiger charge is -1.51. The molecule has 1 radical (unpaired) electrons. The monoisotopic (exact) mass is 70.0 g/mol. The van der Waals surface area contributed by atoms with E-state index in [1.54, 1.807) is 6.92 Å². The van der Waals surface area contributed by atoms with Gasteiger partial charge in [0.05, 0.1) is 0 Å². The molecule has 0 spiro atoms. The van der Waals surface area contributed by atoms with Crippen molar-refractivity contribution in [2.45, 2.75) is 6.92 Å². The third-order valence-corrected chi connectivity index (χ3v) is 0.182. The molecule has 2 nitrogen and oxygen atoms in total. The Hall–Kier alpha value is -0.660. The summed E-state index contributed by atoms with van der Waals surface area (Å²) < 4.78 is 0. The van der Waals surface area contributed by atoms with Gasteiger partial charge in [0.25, 0.3) is 0 Å². The maximum Gasteiger partial charge on any atom is 0.336 e. The van der Waals surface area contributed by atoms with E-state index in [0.717, 1.165) is 0 Å². The average Bonchev–Trinajstić information content (AvgIpc) is 1.41. The van der Waals surface area contributed by atoms with Crippen LogP contribution in [-0.2, 0) is 4.79 Å². The zero-order valence-electron chi connectivity index (χ0n) is 2.93. The highest BCUT2D eigenvalue weighted by Gasteiger charge is 1.51. The van der Waals surface area contributed by atoms with Crippen LogP contribution in [0.4, 0.5) is 0 Å². The van der Waals surface area contributed by atoms with Gasteiger partial charge in [0, 0.05) is 6.21 Å². The van der Waals surface area contributed by atoms with E-state index < -0.39 is 0 Å². The molecule has 0 aliphatic carbocycles. The molecule has 0 aromatic heterocycles. The molecule has 0 N–H and O–H groups in total. The summed E-state index contributed by atoms with van der Waals surface area (Å²) in [4.78, 5) is 12.1. The molecule has 0 atom stereocenters. The lowest BCUT2D eigenvalue weighted by Crippen LogP contribution is -1.57. The van der Waals surface area contributed by atoms with E-state index in [0.29, 0.717) is 0 Å². The highest BCUT2D eigenvalue weighted by molar-refractivity contribution is 5.67. The minimum Gasteiger partial charge on any atom is -0.261 e. The van der Waals surface area contributed by atoms with Crippen LogP contribution in [0.1, 0.15) is 6.92 Å². The van der Waals surface area contributed by atoms with Crippen molar-refractivity contribution in [1.29, 1.82) is 0 Å². The number of carbonyl (C=O) groups excluding carboxylic acids is 1. The van der Waals surface area contributed by atoms with Crippen molar-refractivity contribution < 1.29 is 4.79 Å². The van der Waals surface area contributed by atoms with Crippen LogP contribution in [0.3, 0.4) is 0 Å². The van der Waals surface area contributed by atoms with Crippen LogP contribution >= 0.6 is 0 Å². The number of aliphatic imine (C=N–C) groups is 1. The molecule has 0 saturated heterocycles. The Morgan fingerprint density at radius 1 is 2.00 bits per heavy atom. The van der Waals surface area contributed by atoms with Gasteiger partial charge >= 0.3 is 6.41 Å². The topological polar surface area (TPSA) is 29.4 Å². The zero-order chi connectivity index (χ0) is 4.12. The fraction of sp³-hybridized carbons (Fsp3) is 0.333. The minimum absolute atomic E-state index is 1.34. The van der Waals surface area contributed by atoms with Crippen molar-refractivity contribution in [2.24, 2.45) is 4.99 Å². The standard InChI is InChI=1S/C3H4NO/c1-2-4-3-5/h2H,1H3. The van der Waals surface area contributed by atoms with E-state index in [4.69, 9.17) is 4.79 Å². The lowest BCUT2D eigenvalue weighted by atomic mass is 10.9. The Balaban J connectivity index is 2.92. The van der Waals surface area contributed by atoms with Crippen LogP contribution < -0.4 is 0 Å². The second kappa shape index (κ2) is 3.34. The van der Waals surface area contributed by atoms with E-state index in [1.807, 2.05) is 0 Å². The van der Waals surface area contributed by atoms with Gasteiger partial charge in [-0.25, -0.2) is 4.99 Å². The Bertz CT molecular complexity index is 48.9. The fourth-order valence-electron chi connectivity index (χ4n) is 0.0527. The van der Waals surface area contributed by atoms with Gasteiger partial charge in [-0.3, -0.25) is 4.79 Å². The highest BCUT2D eigenvalue weighted by Crippen LogP contribution is 1.44. The largest absolute Gasteiger partial charge is 0.336 e. The molecule has 2 heteroatoms. The number of amides is 1. The summed E-state index contributed by atoms with van der Waals surface area (Å²) in [6, 6.07) is 0. The van der Waals surface area contributed by atoms with Crippen LogP contribution in [0.25, 0.3) is 0 Å². The molecular weight excluding hydrogens is 66.0 g/mol. The van der Waals surface area contributed by atoms with E-state index in [1.165, 1.54) is 12.6 Å². The van der Waals surface area contributed by atoms with Crippen LogP contribution in [0, 0.1) is 0 Å². The molecule has 0 unspecified atom stereocenters. The molecule has 0 aromatic rings. The van der Waals surface area contributed by atoms with Crippen molar-refractivity contribution in [1.82, 2.24) is 0 Å². The number of rotatable bonds is 1. The summed E-state index contributed by atoms with van der Waals surface area (Å²) >= 11 is 0. The third-order valence-electron chi connectivity index (χ3n) is 0.182. The van der Waals surface area contributed by atoms with Gasteiger partial charge < -0.3 is 0 Å². The fourth-order valence-corrected chi connectivity index (χ4v) is 0.0527. The number of nitrogens with zero attached hydrogens (tertiary/aromatic N) is 1. The predicted molar refractivity (Wildman–Crippen MR) is 19.9 cm³/mol. The Kier molecular flexibility index (Phi) is 2.90. The lowest BCUT2D eigenvalue weighted by molar-refractivity contribution is 0.558. The first-order valence-corrected chi connectivity index (χ1v) is 1.26. The second-order valence-corrected chi connectivity index (χ2v) is 0.479. The summed E-state index contributed by atoms with van der Waals surface area (Å²) in [5.74, 6) is 0. The normalized spacial score (nSPS) is 9.00. The first kappa shape index (κ1) is 4.34. The Morgan fingerprint density at radius 3 is 2.60 bits per heavy atom. The van der Waals surface area contributed by atoms with Gasteiger partial charge in [-0.15, -0.1) is 0 Å². The summed E-state index contributed by atoms with van der Waals surface area (Å²) in [7, 11) is 0. The summed E-state index contributed by atoms with van der Waals surface area (Å²) in [5, 5.41) is 0. The average molecular weight is 70.1 g/mol. The zero-order valence-corrected chi connectivity index (χ0v) is 2.93. The van der Waals surface area contributed by atoms with Gasteiger partial charge in [0.1, 0.15) is 0 Å². The molecule has 27 valence electrons. The molecule has 0 rings (SSSR count). The molecule has 0 heterocycles. The molecule has 0 fully saturated rings. The molecule has 1 amide bonds. The minimum atomic E-state index is 1.34. The maximum absolute atomic E-state index is 9.08. The van der Waals surface area contributed by atoms with E-state index in [9.17, 15) is 0 Å². The summed E-state index contributed by atoms with van der Waals surface area (Å²) in [6.45, 7) is 1.66. The van der Waals surface area contributed by atoms with Crippen molar-refractivity contribution >= 4 is 12.6 Å². The van der Waals surface area contributed by atoms with Crippen LogP contribution in [0.5, 0.6) is 0 Å². The van der Waals surface area contributed by atoms with Crippen LogP contribution in [-0.4, -0.2) is 12.6 Å². The molecule has 0 aliphatic heterocycles. The Morgan fingerprint density at radius 2 is 2.60 bits per heavy atom. The maximum atomic E-state index is 9.08. The van der Waals surface area contributed by atoms with E-state index in [2.05, 4.69) is 4.99 Å². The molecule has 0 aromatic carbocycles. The highest BCUT2D eigenvalue weighted by atomic mass is 16.1. The quantitative estimate of drug-likeness (QED) is 0.403. The van der Waals surface area contributed by atoms with Gasteiger partial charge in [-0.05, 0) is 6.92 Å². The van der Waals surface area contributed by atoms with Crippen LogP contribution in [0.2, 0.25) is 0 Å². The van der Waals surface area contributed by atoms with Gasteiger partial charge in [0.2, 0.25) is 0 Å². The molecule has 0 bridgehead atoms. The number of hydrogen-bond donors (Lipinski definition) is 0. The van der Waals surface area contributed by atoms with Gasteiger partial charge in [0.15, 0.2) is 0 Å². The van der Waals surface area contributed by atoms with E-state index >= 15 is 0 Å². The molecule has 0 aliphatic rings. The molecule has 0 saturated carbocycles. The third kappa shape index (κ3) is 3.34. The van der Waals surface area contributed by atoms with Gasteiger partial charge in [-0.2, -0.15) is 0 Å². The summed E-state index contributed by atoms with van der Waals surface area (Å²) in [5.41, 5.74) is 0. The van der Waals surface area contributed by atoms with Crippen molar-refractivity contribution in [2.75, 3.05) is 0 Å². The molecule has 5 heavy (non-hydrogen) atoms. The predicted octanol–water partition coefficient (Wildman–Crippen LogP) is 0.144. The van der Waals surface area contributed by atoms with Crippen molar-refractivity contribution in [3.8, 4) is 0 Å². The first-order chi connectivity index (χ1) is 2.41. The second-order valence-electron chi connectivity index (χ2n) is 0.479.